The summed E-state index contributed by atoms with van der Waals surface area (Å²) in [5.41, 5.74) is 2.73. The van der Waals surface area contributed by atoms with Gasteiger partial charge in [0.2, 0.25) is 0 Å². The molecule has 0 radical (unpaired) electrons. The van der Waals surface area contributed by atoms with Gasteiger partial charge in [-0.05, 0) is 95.8 Å². The van der Waals surface area contributed by atoms with Crippen LogP contribution in [-0.2, 0) is 11.3 Å². The summed E-state index contributed by atoms with van der Waals surface area (Å²) in [6.07, 6.45) is -1.85. The van der Waals surface area contributed by atoms with Gasteiger partial charge in [-0.15, -0.1) is 0 Å². The Morgan fingerprint density at radius 2 is 1.49 bits per heavy atom. The summed E-state index contributed by atoms with van der Waals surface area (Å²) in [7, 11) is 0. The molecule has 246 valence electrons. The number of urea groups is 1. The molecule has 0 bridgehead atoms. The number of piperazine rings is 1. The Balaban J connectivity index is 0.000000707. The lowest BCUT2D eigenvalue weighted by Crippen LogP contribution is -2.57. The van der Waals surface area contributed by atoms with E-state index in [2.05, 4.69) is 34.7 Å². The maximum atomic E-state index is 13.3. The molecule has 1 saturated carbocycles. The molecule has 4 amide bonds. The van der Waals surface area contributed by atoms with Gasteiger partial charge in [0.1, 0.15) is 0 Å². The van der Waals surface area contributed by atoms with Gasteiger partial charge in [0.05, 0.1) is 0 Å². The number of alkyl halides is 3. The number of amides is 4. The second kappa shape index (κ2) is 14.8. The normalized spacial score (nSPS) is 19.0. The lowest BCUT2D eigenvalue weighted by molar-refractivity contribution is -0.192. The second-order valence-electron chi connectivity index (χ2n) is 12.6. The van der Waals surface area contributed by atoms with Crippen LogP contribution in [0.2, 0.25) is 0 Å². The van der Waals surface area contributed by atoms with E-state index in [1.165, 1.54) is 0 Å². The molecule has 0 spiro atoms. The van der Waals surface area contributed by atoms with Gasteiger partial charge >= 0.3 is 18.2 Å². The predicted molar refractivity (Wildman–Crippen MR) is 164 cm³/mol. The molecule has 10 nitrogen and oxygen atoms in total. The SMILES string of the molecule is C[C@@H]1CN(C(=O)c2ccc(NC(=O)NC3CCC3)cc2)C[C@H](C)N1Cc1cccc(C(=O)NC(C)(C)C)c1.O=C(O)C(F)(F)F. The third-order valence-corrected chi connectivity index (χ3v) is 7.50. The van der Waals surface area contributed by atoms with Crippen LogP contribution in [0.5, 0.6) is 0 Å². The van der Waals surface area contributed by atoms with Crippen molar-refractivity contribution in [3.05, 3.63) is 65.2 Å². The van der Waals surface area contributed by atoms with Crippen molar-refractivity contribution in [1.82, 2.24) is 20.4 Å². The van der Waals surface area contributed by atoms with Gasteiger partial charge < -0.3 is 26.0 Å². The zero-order chi connectivity index (χ0) is 33.5. The van der Waals surface area contributed by atoms with Crippen LogP contribution in [0.15, 0.2) is 48.5 Å². The molecule has 0 unspecified atom stereocenters. The minimum absolute atomic E-state index is 0.00494. The Kier molecular flexibility index (Phi) is 11.6. The summed E-state index contributed by atoms with van der Waals surface area (Å²) < 4.78 is 31.7. The summed E-state index contributed by atoms with van der Waals surface area (Å²) in [5, 5.41) is 15.9. The number of hydrogen-bond donors (Lipinski definition) is 4. The van der Waals surface area contributed by atoms with E-state index >= 15 is 0 Å². The molecular weight excluding hydrogens is 591 g/mol. The van der Waals surface area contributed by atoms with E-state index in [9.17, 15) is 27.6 Å². The molecule has 2 fully saturated rings. The number of carbonyl (C=O) groups is 4. The molecule has 1 aliphatic carbocycles. The number of hydrogen-bond acceptors (Lipinski definition) is 5. The van der Waals surface area contributed by atoms with Gasteiger partial charge in [0.25, 0.3) is 11.8 Å². The Morgan fingerprint density at radius 1 is 0.911 bits per heavy atom. The number of carboxylic acid groups (broad SMARTS) is 1. The third kappa shape index (κ3) is 10.8. The fourth-order valence-corrected chi connectivity index (χ4v) is 5.05. The van der Waals surface area contributed by atoms with Crippen molar-refractivity contribution in [3.63, 3.8) is 0 Å². The van der Waals surface area contributed by atoms with Crippen LogP contribution in [0, 0.1) is 0 Å². The van der Waals surface area contributed by atoms with E-state index in [1.807, 2.05) is 49.9 Å². The summed E-state index contributed by atoms with van der Waals surface area (Å²) in [6, 6.07) is 15.3. The van der Waals surface area contributed by atoms with Crippen molar-refractivity contribution < 1.29 is 37.5 Å². The standard InChI is InChI=1S/C30H41N5O3.C2HF3O2/c1-20-17-34(28(37)23-12-14-26(15-13-23)32-29(38)31-25-10-7-11-25)18-21(2)35(20)19-22-8-6-9-24(16-22)27(36)33-30(3,4)5;3-2(4,5)1(6)7/h6,8-9,12-16,20-21,25H,7,10-11,17-19H2,1-5H3,(H,33,36)(H2,31,32,38);(H,6,7)/t20-,21+;. The Labute approximate surface area is 261 Å². The minimum atomic E-state index is -5.08. The average molecular weight is 634 g/mol. The number of carboxylic acids is 1. The number of aliphatic carboxylic acids is 1. The van der Waals surface area contributed by atoms with Gasteiger partial charge in [-0.3, -0.25) is 14.5 Å². The van der Waals surface area contributed by atoms with E-state index in [4.69, 9.17) is 9.90 Å². The quantitative estimate of drug-likeness (QED) is 0.344. The van der Waals surface area contributed by atoms with Gasteiger partial charge in [-0.25, -0.2) is 9.59 Å². The largest absolute Gasteiger partial charge is 0.490 e. The van der Waals surface area contributed by atoms with Crippen molar-refractivity contribution in [2.75, 3.05) is 18.4 Å². The molecule has 13 heteroatoms. The van der Waals surface area contributed by atoms with Crippen LogP contribution >= 0.6 is 0 Å². The van der Waals surface area contributed by atoms with E-state index in [0.717, 1.165) is 24.8 Å². The molecule has 1 aliphatic heterocycles. The Bertz CT molecular complexity index is 1340. The maximum Gasteiger partial charge on any atom is 0.490 e. The van der Waals surface area contributed by atoms with E-state index in [0.29, 0.717) is 36.4 Å². The van der Waals surface area contributed by atoms with Crippen LogP contribution in [-0.4, -0.2) is 81.7 Å². The second-order valence-corrected chi connectivity index (χ2v) is 12.6. The first-order chi connectivity index (χ1) is 20.9. The van der Waals surface area contributed by atoms with Crippen molar-refractivity contribution in [3.8, 4) is 0 Å². The number of benzene rings is 2. The monoisotopic (exact) mass is 633 g/mol. The zero-order valence-corrected chi connectivity index (χ0v) is 26.2. The summed E-state index contributed by atoms with van der Waals surface area (Å²) in [4.78, 5) is 51.2. The van der Waals surface area contributed by atoms with Crippen LogP contribution in [0.25, 0.3) is 0 Å². The molecule has 0 aromatic heterocycles. The number of rotatable bonds is 6. The first-order valence-electron chi connectivity index (χ1n) is 14.9. The number of carbonyl (C=O) groups excluding carboxylic acids is 3. The highest BCUT2D eigenvalue weighted by atomic mass is 19.4. The fourth-order valence-electron chi connectivity index (χ4n) is 5.05. The molecule has 2 aromatic carbocycles. The van der Waals surface area contributed by atoms with Crippen LogP contribution in [0.1, 0.15) is 80.2 Å². The minimum Gasteiger partial charge on any atom is -0.475 e. The van der Waals surface area contributed by atoms with Crippen molar-refractivity contribution >= 4 is 29.5 Å². The summed E-state index contributed by atoms with van der Waals surface area (Å²) in [5.74, 6) is -2.83. The number of halogens is 3. The van der Waals surface area contributed by atoms with Crippen LogP contribution in [0.3, 0.4) is 0 Å². The number of nitrogens with zero attached hydrogens (tertiary/aromatic N) is 2. The van der Waals surface area contributed by atoms with Gasteiger partial charge in [-0.2, -0.15) is 13.2 Å². The smallest absolute Gasteiger partial charge is 0.475 e. The Hall–Kier alpha value is -4.13. The lowest BCUT2D eigenvalue weighted by Gasteiger charge is -2.44. The molecule has 2 aliphatic rings. The van der Waals surface area contributed by atoms with Crippen LogP contribution in [0.4, 0.5) is 23.7 Å². The molecule has 1 saturated heterocycles. The van der Waals surface area contributed by atoms with E-state index in [-0.39, 0.29) is 41.5 Å². The third-order valence-electron chi connectivity index (χ3n) is 7.50. The topological polar surface area (TPSA) is 131 Å². The number of nitrogens with one attached hydrogen (secondary N) is 3. The molecule has 4 N–H and O–H groups in total. The average Bonchev–Trinajstić information content (AvgIpc) is 2.92. The molecule has 4 rings (SSSR count). The maximum absolute atomic E-state index is 13.3. The van der Waals surface area contributed by atoms with Gasteiger partial charge in [-0.1, -0.05) is 12.1 Å². The van der Waals surface area contributed by atoms with E-state index in [1.54, 1.807) is 24.3 Å². The molecule has 1 heterocycles. The first kappa shape index (κ1) is 35.4. The highest BCUT2D eigenvalue weighted by Gasteiger charge is 2.38. The highest BCUT2D eigenvalue weighted by Crippen LogP contribution is 2.23. The lowest BCUT2D eigenvalue weighted by atomic mass is 9.93. The van der Waals surface area contributed by atoms with Gasteiger partial charge in [0, 0.05) is 60.1 Å². The molecule has 45 heavy (non-hydrogen) atoms. The van der Waals surface area contributed by atoms with Crippen LogP contribution < -0.4 is 16.0 Å². The van der Waals surface area contributed by atoms with E-state index < -0.39 is 12.1 Å². The number of anilines is 1. The zero-order valence-electron chi connectivity index (χ0n) is 26.2. The molecular formula is C32H42F3N5O5. The van der Waals surface area contributed by atoms with Crippen molar-refractivity contribution in [2.24, 2.45) is 0 Å². The van der Waals surface area contributed by atoms with Crippen molar-refractivity contribution in [1.29, 1.82) is 0 Å². The molecule has 2 atom stereocenters. The summed E-state index contributed by atoms with van der Waals surface area (Å²) in [6.45, 7) is 12.1. The van der Waals surface area contributed by atoms with Gasteiger partial charge in [0.15, 0.2) is 0 Å². The summed E-state index contributed by atoms with van der Waals surface area (Å²) >= 11 is 0. The fraction of sp³-hybridized carbons (Fsp3) is 0.500. The van der Waals surface area contributed by atoms with Crippen molar-refractivity contribution in [2.45, 2.75) is 90.3 Å². The highest BCUT2D eigenvalue weighted by molar-refractivity contribution is 5.96. The Morgan fingerprint density at radius 3 is 1.98 bits per heavy atom. The predicted octanol–water partition coefficient (Wildman–Crippen LogP) is 5.26. The first-order valence-corrected chi connectivity index (χ1v) is 14.9. The molecule has 2 aromatic rings.